The van der Waals surface area contributed by atoms with E-state index in [4.69, 9.17) is 0 Å². The summed E-state index contributed by atoms with van der Waals surface area (Å²) in [6, 6.07) is 1.74. The van der Waals surface area contributed by atoms with Gasteiger partial charge in [0.15, 0.2) is 5.43 Å². The highest BCUT2D eigenvalue weighted by Crippen LogP contribution is 2.41. The Bertz CT molecular complexity index is 958. The Hall–Kier alpha value is -2.16. The Kier molecular flexibility index (Phi) is 3.55. The van der Waals surface area contributed by atoms with E-state index in [1.807, 2.05) is 20.8 Å². The molecule has 3 heteroatoms. The number of aryl methyl sites for hydroxylation is 2. The van der Waals surface area contributed by atoms with Crippen molar-refractivity contribution < 1.29 is 0 Å². The maximum Gasteiger partial charge on any atom is 0.191 e. The van der Waals surface area contributed by atoms with Crippen LogP contribution >= 0.6 is 0 Å². The lowest BCUT2D eigenvalue weighted by molar-refractivity contribution is 0.818. The molecule has 1 aliphatic carbocycles. The van der Waals surface area contributed by atoms with Crippen molar-refractivity contribution in [3.63, 3.8) is 0 Å². The van der Waals surface area contributed by atoms with E-state index in [-0.39, 0.29) is 5.43 Å². The molecule has 3 nitrogen and oxygen atoms in total. The van der Waals surface area contributed by atoms with Crippen LogP contribution in [0.15, 0.2) is 27.6 Å². The predicted octanol–water partition coefficient (Wildman–Crippen LogP) is 4.61. The van der Waals surface area contributed by atoms with Crippen molar-refractivity contribution in [3.8, 4) is 0 Å². The molecule has 1 atom stereocenters. The molecule has 0 saturated carbocycles. The molecule has 0 bridgehead atoms. The fourth-order valence-corrected chi connectivity index (χ4v) is 3.61. The van der Waals surface area contributed by atoms with Crippen molar-refractivity contribution in [2.45, 2.75) is 48.5 Å². The topological polar surface area (TPSA) is 45.8 Å². The van der Waals surface area contributed by atoms with Gasteiger partial charge in [-0.25, -0.2) is 4.98 Å². The minimum atomic E-state index is 0.0483. The van der Waals surface area contributed by atoms with E-state index < -0.39 is 0 Å². The fourth-order valence-electron chi connectivity index (χ4n) is 3.61. The number of hydrogen-bond donors (Lipinski definition) is 1. The standard InChI is InChI=1S/C20H24N2O/c1-9-10(2)13(5)18(12(9)4)16-8-17(23)19-14(6)11(3)15(7)21-20(19)22-16/h8-9H,1-7H3,(H,21,22,23). The van der Waals surface area contributed by atoms with Crippen LogP contribution in [0.5, 0.6) is 0 Å². The molecule has 1 unspecified atom stereocenters. The molecule has 0 amide bonds. The van der Waals surface area contributed by atoms with Crippen LogP contribution in [0.3, 0.4) is 0 Å². The first kappa shape index (κ1) is 15.7. The summed E-state index contributed by atoms with van der Waals surface area (Å²) in [6.07, 6.45) is 0. The second kappa shape index (κ2) is 5.19. The second-order valence-corrected chi connectivity index (χ2v) is 6.81. The van der Waals surface area contributed by atoms with E-state index in [1.165, 1.54) is 22.3 Å². The molecule has 0 spiro atoms. The van der Waals surface area contributed by atoms with Gasteiger partial charge in [0.2, 0.25) is 0 Å². The molecular formula is C20H24N2O. The second-order valence-electron chi connectivity index (χ2n) is 6.81. The summed E-state index contributed by atoms with van der Waals surface area (Å²) in [5, 5.41) is 0.708. The number of aromatic amines is 1. The molecule has 2 aromatic rings. The highest BCUT2D eigenvalue weighted by molar-refractivity contribution is 5.87. The number of nitrogens with zero attached hydrogens (tertiary/aromatic N) is 1. The molecule has 0 fully saturated rings. The Morgan fingerprint density at radius 3 is 2.22 bits per heavy atom. The van der Waals surface area contributed by atoms with Crippen LogP contribution < -0.4 is 5.43 Å². The molecule has 0 aliphatic heterocycles. The fraction of sp³-hybridized carbons (Fsp3) is 0.400. The number of fused-ring (bicyclic) bond motifs is 1. The molecule has 0 radical (unpaired) electrons. The van der Waals surface area contributed by atoms with Gasteiger partial charge in [0, 0.05) is 17.3 Å². The monoisotopic (exact) mass is 308 g/mol. The lowest BCUT2D eigenvalue weighted by Gasteiger charge is -2.12. The van der Waals surface area contributed by atoms with Gasteiger partial charge in [-0.05, 0) is 64.2 Å². The molecule has 23 heavy (non-hydrogen) atoms. The van der Waals surface area contributed by atoms with Crippen LogP contribution in [0.2, 0.25) is 0 Å². The first-order valence-electron chi connectivity index (χ1n) is 8.13. The average molecular weight is 308 g/mol. The average Bonchev–Trinajstić information content (AvgIpc) is 2.68. The number of allylic oxidation sites excluding steroid dienone is 4. The van der Waals surface area contributed by atoms with E-state index >= 15 is 0 Å². The third-order valence-electron chi connectivity index (χ3n) is 5.70. The van der Waals surface area contributed by atoms with Crippen molar-refractivity contribution >= 4 is 16.6 Å². The van der Waals surface area contributed by atoms with Crippen molar-refractivity contribution in [2.24, 2.45) is 5.92 Å². The lowest BCUT2D eigenvalue weighted by Crippen LogP contribution is -2.10. The summed E-state index contributed by atoms with van der Waals surface area (Å²) in [5.41, 5.74) is 9.84. The summed E-state index contributed by atoms with van der Waals surface area (Å²) in [7, 11) is 0. The Balaban J connectivity index is 2.35. The SMILES string of the molecule is CC1=C(C)C(C)C(C)=C1c1cc(=O)c2c(C)c(C)c(C)nc2[nH]1. The van der Waals surface area contributed by atoms with Crippen molar-refractivity contribution in [3.05, 3.63) is 55.5 Å². The predicted molar refractivity (Wildman–Crippen MR) is 96.7 cm³/mol. The van der Waals surface area contributed by atoms with Gasteiger partial charge in [0.25, 0.3) is 0 Å². The number of pyridine rings is 2. The maximum atomic E-state index is 12.7. The largest absolute Gasteiger partial charge is 0.339 e. The van der Waals surface area contributed by atoms with E-state index in [1.54, 1.807) is 6.07 Å². The van der Waals surface area contributed by atoms with Crippen LogP contribution in [0.1, 0.15) is 50.2 Å². The number of aromatic nitrogens is 2. The molecule has 0 aromatic carbocycles. The van der Waals surface area contributed by atoms with Crippen LogP contribution in [0, 0.1) is 26.7 Å². The number of rotatable bonds is 1. The van der Waals surface area contributed by atoms with Gasteiger partial charge in [0.05, 0.1) is 11.1 Å². The van der Waals surface area contributed by atoms with Gasteiger partial charge < -0.3 is 4.98 Å². The molecular weight excluding hydrogens is 284 g/mol. The zero-order chi connectivity index (χ0) is 17.0. The van der Waals surface area contributed by atoms with E-state index in [2.05, 4.69) is 37.7 Å². The molecule has 1 aliphatic rings. The lowest BCUT2D eigenvalue weighted by atomic mass is 9.98. The van der Waals surface area contributed by atoms with Gasteiger partial charge in [0.1, 0.15) is 5.65 Å². The van der Waals surface area contributed by atoms with Crippen molar-refractivity contribution in [1.82, 2.24) is 9.97 Å². The quantitative estimate of drug-likeness (QED) is 0.836. The molecule has 1 N–H and O–H groups in total. The summed E-state index contributed by atoms with van der Waals surface area (Å²) in [6.45, 7) is 14.7. The number of H-pyrrole nitrogens is 1. The highest BCUT2D eigenvalue weighted by atomic mass is 16.1. The van der Waals surface area contributed by atoms with Crippen LogP contribution in [-0.4, -0.2) is 9.97 Å². The Morgan fingerprint density at radius 2 is 1.65 bits per heavy atom. The van der Waals surface area contributed by atoms with Crippen LogP contribution in [-0.2, 0) is 0 Å². The van der Waals surface area contributed by atoms with Crippen LogP contribution in [0.4, 0.5) is 0 Å². The summed E-state index contributed by atoms with van der Waals surface area (Å²) >= 11 is 0. The van der Waals surface area contributed by atoms with Gasteiger partial charge >= 0.3 is 0 Å². The number of hydrogen-bond acceptors (Lipinski definition) is 2. The molecule has 2 aromatic heterocycles. The summed E-state index contributed by atoms with van der Waals surface area (Å²) < 4.78 is 0. The van der Waals surface area contributed by atoms with Gasteiger partial charge in [-0.3, -0.25) is 4.79 Å². The van der Waals surface area contributed by atoms with Gasteiger partial charge in [-0.15, -0.1) is 0 Å². The van der Waals surface area contributed by atoms with Crippen molar-refractivity contribution in [2.75, 3.05) is 0 Å². The summed E-state index contributed by atoms with van der Waals surface area (Å²) in [4.78, 5) is 20.8. The zero-order valence-corrected chi connectivity index (χ0v) is 15.0. The molecule has 2 heterocycles. The maximum absolute atomic E-state index is 12.7. The molecule has 3 rings (SSSR count). The van der Waals surface area contributed by atoms with E-state index in [9.17, 15) is 4.79 Å². The minimum Gasteiger partial charge on any atom is -0.339 e. The first-order valence-corrected chi connectivity index (χ1v) is 8.13. The Morgan fingerprint density at radius 1 is 1.00 bits per heavy atom. The smallest absolute Gasteiger partial charge is 0.191 e. The molecule has 120 valence electrons. The third kappa shape index (κ3) is 2.18. The van der Waals surface area contributed by atoms with Crippen LogP contribution in [0.25, 0.3) is 16.6 Å². The summed E-state index contributed by atoms with van der Waals surface area (Å²) in [5.74, 6) is 0.429. The van der Waals surface area contributed by atoms with Gasteiger partial charge in [-0.2, -0.15) is 0 Å². The Labute approximate surface area is 137 Å². The van der Waals surface area contributed by atoms with E-state index in [0.717, 1.165) is 22.5 Å². The zero-order valence-electron chi connectivity index (χ0n) is 15.0. The minimum absolute atomic E-state index is 0.0483. The first-order chi connectivity index (χ1) is 10.7. The molecule has 0 saturated heterocycles. The van der Waals surface area contributed by atoms with Crippen molar-refractivity contribution in [1.29, 1.82) is 0 Å². The van der Waals surface area contributed by atoms with Gasteiger partial charge in [-0.1, -0.05) is 18.1 Å². The third-order valence-corrected chi connectivity index (χ3v) is 5.70. The number of nitrogens with one attached hydrogen (secondary N) is 1. The highest BCUT2D eigenvalue weighted by Gasteiger charge is 2.25. The normalized spacial score (nSPS) is 18.5. The van der Waals surface area contributed by atoms with E-state index in [0.29, 0.717) is 17.0 Å².